The maximum atomic E-state index is 13.9. The average molecular weight is 501 g/mol. The largest absolute Gasteiger partial charge is 0.324 e. The lowest BCUT2D eigenvalue weighted by Crippen LogP contribution is -2.54. The summed E-state index contributed by atoms with van der Waals surface area (Å²) in [4.78, 5) is 54.9. The SMILES string of the molecule is Cc1c(Cl)ccc2c1NC(=O)[C@]21[C@@H]2C(=O)N(c3ccc([N+](=O)[O-])cc3Cl)C(=O)[C@@H]2[C@H]2CCCN21. The van der Waals surface area contributed by atoms with E-state index >= 15 is 0 Å². The molecular formula is C23H18Cl2N4O5. The van der Waals surface area contributed by atoms with Crippen LogP contribution < -0.4 is 10.2 Å². The lowest BCUT2D eigenvalue weighted by molar-refractivity contribution is -0.384. The van der Waals surface area contributed by atoms with Crippen molar-refractivity contribution in [2.45, 2.75) is 31.3 Å². The second-order valence-corrected chi connectivity index (χ2v) is 9.94. The third kappa shape index (κ3) is 2.41. The molecule has 1 spiro atoms. The zero-order chi connectivity index (χ0) is 24.1. The number of carbonyl (C=O) groups excluding carboxylic acids is 3. The topological polar surface area (TPSA) is 113 Å². The van der Waals surface area contributed by atoms with Gasteiger partial charge in [-0.15, -0.1) is 0 Å². The fourth-order valence-corrected chi connectivity index (χ4v) is 6.84. The highest BCUT2D eigenvalue weighted by molar-refractivity contribution is 6.37. The summed E-state index contributed by atoms with van der Waals surface area (Å²) >= 11 is 12.6. The number of nitrogens with zero attached hydrogens (tertiary/aromatic N) is 3. The third-order valence-electron chi connectivity index (χ3n) is 7.75. The maximum absolute atomic E-state index is 13.9. The Morgan fingerprint density at radius 2 is 1.88 bits per heavy atom. The van der Waals surface area contributed by atoms with E-state index in [0.717, 1.165) is 17.4 Å². The standard InChI is InChI=1S/C23H18Cl2N4O5/c1-10-13(24)6-5-12-19(10)26-22(32)23(12)18-17(16-3-2-8-27(16)23)20(30)28(21(18)31)15-7-4-11(29(33)34)9-14(15)25/h4-7,9,16-18H,2-3,8H2,1H3,(H,26,32)/t16-,17-,18+,23-/m1/s1. The molecule has 6 rings (SSSR count). The molecule has 4 aliphatic rings. The Labute approximate surface area is 203 Å². The number of nitro benzene ring substituents is 1. The zero-order valence-electron chi connectivity index (χ0n) is 17.9. The molecule has 3 saturated heterocycles. The number of anilines is 2. The second kappa shape index (κ2) is 7.00. The van der Waals surface area contributed by atoms with Gasteiger partial charge in [0.1, 0.15) is 5.54 Å². The Balaban J connectivity index is 1.54. The van der Waals surface area contributed by atoms with Crippen LogP contribution >= 0.6 is 23.2 Å². The third-order valence-corrected chi connectivity index (χ3v) is 8.46. The number of fused-ring (bicyclic) bond motifs is 7. The molecule has 0 aliphatic carbocycles. The van der Waals surface area contributed by atoms with Crippen molar-refractivity contribution < 1.29 is 19.3 Å². The van der Waals surface area contributed by atoms with Crippen molar-refractivity contribution >= 4 is 58.0 Å². The molecule has 11 heteroatoms. The lowest BCUT2D eigenvalue weighted by Gasteiger charge is -2.36. The Bertz CT molecular complexity index is 1350. The molecule has 0 unspecified atom stereocenters. The highest BCUT2D eigenvalue weighted by Gasteiger charge is 2.74. The minimum absolute atomic E-state index is 0.0768. The van der Waals surface area contributed by atoms with Crippen LogP contribution in [0.5, 0.6) is 0 Å². The monoisotopic (exact) mass is 500 g/mol. The van der Waals surface area contributed by atoms with E-state index in [2.05, 4.69) is 5.32 Å². The van der Waals surface area contributed by atoms with E-state index in [1.54, 1.807) is 19.1 Å². The van der Waals surface area contributed by atoms with Crippen LogP contribution in [-0.4, -0.2) is 40.1 Å². The van der Waals surface area contributed by atoms with Gasteiger partial charge in [0.05, 0.1) is 33.2 Å². The quantitative estimate of drug-likeness (QED) is 0.382. The molecule has 34 heavy (non-hydrogen) atoms. The first-order valence-corrected chi connectivity index (χ1v) is 11.6. The normalized spacial score (nSPS) is 29.6. The highest BCUT2D eigenvalue weighted by atomic mass is 35.5. The van der Waals surface area contributed by atoms with Gasteiger partial charge in [0, 0.05) is 28.8 Å². The Hall–Kier alpha value is -3.01. The lowest BCUT2D eigenvalue weighted by atomic mass is 9.75. The van der Waals surface area contributed by atoms with Crippen molar-refractivity contribution in [3.8, 4) is 0 Å². The number of nitrogens with one attached hydrogen (secondary N) is 1. The van der Waals surface area contributed by atoms with E-state index < -0.39 is 34.1 Å². The van der Waals surface area contributed by atoms with Crippen LogP contribution in [0.4, 0.5) is 17.1 Å². The molecule has 0 bridgehead atoms. The molecule has 0 saturated carbocycles. The predicted molar refractivity (Wildman–Crippen MR) is 124 cm³/mol. The van der Waals surface area contributed by atoms with Crippen molar-refractivity contribution in [3.05, 3.63) is 61.6 Å². The van der Waals surface area contributed by atoms with Gasteiger partial charge in [-0.1, -0.05) is 29.3 Å². The summed E-state index contributed by atoms with van der Waals surface area (Å²) in [7, 11) is 0. The summed E-state index contributed by atoms with van der Waals surface area (Å²) in [5, 5.41) is 14.5. The molecule has 2 aromatic rings. The van der Waals surface area contributed by atoms with E-state index in [1.165, 1.54) is 12.1 Å². The van der Waals surface area contributed by atoms with E-state index in [0.29, 0.717) is 34.8 Å². The molecule has 0 radical (unpaired) electrons. The molecule has 1 N–H and O–H groups in total. The van der Waals surface area contributed by atoms with Crippen molar-refractivity contribution in [3.63, 3.8) is 0 Å². The minimum Gasteiger partial charge on any atom is -0.324 e. The summed E-state index contributed by atoms with van der Waals surface area (Å²) < 4.78 is 0. The first-order valence-electron chi connectivity index (χ1n) is 10.9. The summed E-state index contributed by atoms with van der Waals surface area (Å²) in [6.07, 6.45) is 1.48. The smallest absolute Gasteiger partial charge is 0.271 e. The van der Waals surface area contributed by atoms with Crippen molar-refractivity contribution in [1.29, 1.82) is 0 Å². The van der Waals surface area contributed by atoms with E-state index in [9.17, 15) is 24.5 Å². The number of benzene rings is 2. The fraction of sp³-hybridized carbons (Fsp3) is 0.348. The second-order valence-electron chi connectivity index (χ2n) is 9.13. The van der Waals surface area contributed by atoms with Crippen LogP contribution in [0.1, 0.15) is 24.0 Å². The van der Waals surface area contributed by atoms with Gasteiger partial charge in [0.25, 0.3) is 5.69 Å². The van der Waals surface area contributed by atoms with Crippen molar-refractivity contribution in [2.24, 2.45) is 11.8 Å². The number of amides is 3. The number of carbonyl (C=O) groups is 3. The van der Waals surface area contributed by atoms with E-state index in [1.807, 2.05) is 4.90 Å². The van der Waals surface area contributed by atoms with Crippen molar-refractivity contribution in [1.82, 2.24) is 4.90 Å². The van der Waals surface area contributed by atoms with Crippen LogP contribution in [0, 0.1) is 28.9 Å². The molecule has 3 fully saturated rings. The number of hydrogen-bond acceptors (Lipinski definition) is 6. The number of halogens is 2. The van der Waals surface area contributed by atoms with Gasteiger partial charge in [0.2, 0.25) is 17.7 Å². The molecule has 3 amide bonds. The first-order chi connectivity index (χ1) is 16.2. The van der Waals surface area contributed by atoms with Crippen LogP contribution in [0.3, 0.4) is 0 Å². The summed E-state index contributed by atoms with van der Waals surface area (Å²) in [6.45, 7) is 2.39. The summed E-state index contributed by atoms with van der Waals surface area (Å²) in [5.74, 6) is -2.99. The average Bonchev–Trinajstić information content (AvgIpc) is 3.50. The van der Waals surface area contributed by atoms with Gasteiger partial charge < -0.3 is 5.32 Å². The maximum Gasteiger partial charge on any atom is 0.271 e. The molecule has 9 nitrogen and oxygen atoms in total. The van der Waals surface area contributed by atoms with Crippen LogP contribution in [0.2, 0.25) is 10.0 Å². The number of imide groups is 1. The molecule has 0 aromatic heterocycles. The van der Waals surface area contributed by atoms with Gasteiger partial charge in [-0.2, -0.15) is 0 Å². The van der Waals surface area contributed by atoms with Gasteiger partial charge in [0.15, 0.2) is 0 Å². The van der Waals surface area contributed by atoms with Gasteiger partial charge in [-0.05, 0) is 44.0 Å². The molecule has 174 valence electrons. The van der Waals surface area contributed by atoms with Crippen LogP contribution in [-0.2, 0) is 19.9 Å². The Kier molecular flexibility index (Phi) is 4.43. The van der Waals surface area contributed by atoms with Gasteiger partial charge in [-0.25, -0.2) is 4.90 Å². The number of nitro groups is 1. The first kappa shape index (κ1) is 21.5. The molecule has 4 aliphatic heterocycles. The molecular weight excluding hydrogens is 483 g/mol. The summed E-state index contributed by atoms with van der Waals surface area (Å²) in [5.41, 5.74) is 0.443. The number of hydrogen-bond donors (Lipinski definition) is 1. The highest BCUT2D eigenvalue weighted by Crippen LogP contribution is 2.61. The van der Waals surface area contributed by atoms with Crippen molar-refractivity contribution in [2.75, 3.05) is 16.8 Å². The molecule has 4 atom stereocenters. The number of non-ortho nitro benzene ring substituents is 1. The van der Waals surface area contributed by atoms with Gasteiger partial charge >= 0.3 is 0 Å². The zero-order valence-corrected chi connectivity index (χ0v) is 19.4. The molecule has 4 heterocycles. The fourth-order valence-electron chi connectivity index (χ4n) is 6.42. The van der Waals surface area contributed by atoms with Gasteiger partial charge in [-0.3, -0.25) is 29.4 Å². The van der Waals surface area contributed by atoms with Crippen LogP contribution in [0.25, 0.3) is 0 Å². The Morgan fingerprint density at radius 3 is 2.59 bits per heavy atom. The van der Waals surface area contributed by atoms with E-state index in [4.69, 9.17) is 23.2 Å². The Morgan fingerprint density at radius 1 is 1.12 bits per heavy atom. The summed E-state index contributed by atoms with van der Waals surface area (Å²) in [6, 6.07) is 6.82. The predicted octanol–water partition coefficient (Wildman–Crippen LogP) is 3.64. The minimum atomic E-state index is -1.33. The molecule has 2 aromatic carbocycles. The van der Waals surface area contributed by atoms with Crippen LogP contribution in [0.15, 0.2) is 30.3 Å². The number of rotatable bonds is 2. The van der Waals surface area contributed by atoms with E-state index in [-0.39, 0.29) is 28.3 Å².